The number of morpholine rings is 1. The van der Waals surface area contributed by atoms with E-state index in [1.165, 1.54) is 0 Å². The van der Waals surface area contributed by atoms with Crippen LogP contribution < -0.4 is 10.2 Å². The maximum Gasteiger partial charge on any atom is 0.244 e. The fraction of sp³-hybridized carbons (Fsp3) is 0.364. The van der Waals surface area contributed by atoms with Crippen molar-refractivity contribution >= 4 is 28.6 Å². The molecule has 0 bridgehead atoms. The highest BCUT2D eigenvalue weighted by atomic mass is 32.1. The average Bonchev–Trinajstić information content (AvgIpc) is 3.27. The Morgan fingerprint density at radius 1 is 1.17 bits per heavy atom. The fourth-order valence-electron chi connectivity index (χ4n) is 3.71. The molecule has 2 aromatic heterocycles. The molecule has 1 aromatic carbocycles. The zero-order valence-electron chi connectivity index (χ0n) is 17.1. The fourth-order valence-corrected chi connectivity index (χ4v) is 4.33. The molecule has 7 heteroatoms. The van der Waals surface area contributed by atoms with Crippen LogP contribution in [0.5, 0.6) is 0 Å². The highest BCUT2D eigenvalue weighted by molar-refractivity contribution is 7.09. The lowest BCUT2D eigenvalue weighted by Crippen LogP contribution is -2.36. The number of amides is 1. The van der Waals surface area contributed by atoms with Crippen LogP contribution in [0.4, 0.5) is 11.4 Å². The second-order valence-electron chi connectivity index (χ2n) is 7.32. The van der Waals surface area contributed by atoms with E-state index >= 15 is 0 Å². The molecule has 29 heavy (non-hydrogen) atoms. The van der Waals surface area contributed by atoms with E-state index in [-0.39, 0.29) is 12.5 Å². The van der Waals surface area contributed by atoms with Crippen molar-refractivity contribution in [2.75, 3.05) is 36.5 Å². The molecule has 1 amide bonds. The number of hydrogen-bond acceptors (Lipinski definition) is 5. The lowest BCUT2D eigenvalue weighted by Gasteiger charge is -2.28. The minimum Gasteiger partial charge on any atom is -0.378 e. The first-order valence-corrected chi connectivity index (χ1v) is 10.7. The zero-order chi connectivity index (χ0) is 20.4. The minimum absolute atomic E-state index is 0.0352. The van der Waals surface area contributed by atoms with Gasteiger partial charge in [-0.25, -0.2) is 4.98 Å². The van der Waals surface area contributed by atoms with Gasteiger partial charge in [0.15, 0.2) is 0 Å². The normalized spacial score (nSPS) is 14.2. The molecule has 0 radical (unpaired) electrons. The van der Waals surface area contributed by atoms with E-state index < -0.39 is 0 Å². The number of ether oxygens (including phenoxy) is 1. The monoisotopic (exact) mass is 410 g/mol. The van der Waals surface area contributed by atoms with Gasteiger partial charge >= 0.3 is 0 Å². The van der Waals surface area contributed by atoms with Gasteiger partial charge in [0.1, 0.15) is 6.54 Å². The molecule has 1 saturated heterocycles. The number of thiazole rings is 1. The molecule has 1 aliphatic heterocycles. The summed E-state index contributed by atoms with van der Waals surface area (Å²) < 4.78 is 7.44. The van der Waals surface area contributed by atoms with Gasteiger partial charge < -0.3 is 19.5 Å². The summed E-state index contributed by atoms with van der Waals surface area (Å²) >= 11 is 1.64. The van der Waals surface area contributed by atoms with Gasteiger partial charge in [0.2, 0.25) is 5.91 Å². The van der Waals surface area contributed by atoms with E-state index in [9.17, 15) is 4.79 Å². The summed E-state index contributed by atoms with van der Waals surface area (Å²) in [6, 6.07) is 10.1. The van der Waals surface area contributed by atoms with Crippen LogP contribution in [0.3, 0.4) is 0 Å². The number of hydrogen-bond donors (Lipinski definition) is 1. The van der Waals surface area contributed by atoms with Crippen molar-refractivity contribution in [1.29, 1.82) is 0 Å². The molecule has 4 rings (SSSR count). The highest BCUT2D eigenvalue weighted by Gasteiger charge is 2.16. The maximum absolute atomic E-state index is 12.7. The molecule has 152 valence electrons. The number of aromatic nitrogens is 2. The second-order valence-corrected chi connectivity index (χ2v) is 8.38. The van der Waals surface area contributed by atoms with Gasteiger partial charge in [-0.05, 0) is 51.1 Å². The Hall–Kier alpha value is -2.64. The van der Waals surface area contributed by atoms with Gasteiger partial charge in [-0.3, -0.25) is 4.79 Å². The third-order valence-electron chi connectivity index (χ3n) is 5.30. The second kappa shape index (κ2) is 8.39. The number of nitrogens with one attached hydrogen (secondary N) is 1. The third-order valence-corrected chi connectivity index (χ3v) is 6.07. The number of benzene rings is 1. The number of rotatable bonds is 5. The maximum atomic E-state index is 12.7. The zero-order valence-corrected chi connectivity index (χ0v) is 17.9. The Labute approximate surface area is 175 Å². The number of carbonyl (C=O) groups is 1. The summed E-state index contributed by atoms with van der Waals surface area (Å²) in [5.41, 5.74) is 6.16. The molecule has 0 atom stereocenters. The SMILES string of the molecule is Cc1nc(-c2cc(C)n(CC(=O)Nc3ccc(N4CCOCC4)cc3)c2C)cs1. The van der Waals surface area contributed by atoms with Gasteiger partial charge in [-0.2, -0.15) is 0 Å². The quantitative estimate of drug-likeness (QED) is 0.690. The van der Waals surface area contributed by atoms with Gasteiger partial charge in [-0.1, -0.05) is 0 Å². The summed E-state index contributed by atoms with van der Waals surface area (Å²) in [6.07, 6.45) is 0. The Balaban J connectivity index is 1.43. The topological polar surface area (TPSA) is 59.4 Å². The van der Waals surface area contributed by atoms with Crippen molar-refractivity contribution in [1.82, 2.24) is 9.55 Å². The molecule has 0 unspecified atom stereocenters. The molecule has 1 fully saturated rings. The highest BCUT2D eigenvalue weighted by Crippen LogP contribution is 2.28. The first-order valence-electron chi connectivity index (χ1n) is 9.83. The predicted molar refractivity (Wildman–Crippen MR) is 118 cm³/mol. The Morgan fingerprint density at radius 2 is 1.90 bits per heavy atom. The van der Waals surface area contributed by atoms with Crippen molar-refractivity contribution in [3.8, 4) is 11.3 Å². The van der Waals surface area contributed by atoms with Crippen molar-refractivity contribution < 1.29 is 9.53 Å². The lowest BCUT2D eigenvalue weighted by atomic mass is 10.2. The van der Waals surface area contributed by atoms with Crippen molar-refractivity contribution in [3.05, 3.63) is 52.1 Å². The largest absolute Gasteiger partial charge is 0.378 e. The molecular formula is C22H26N4O2S. The van der Waals surface area contributed by atoms with Gasteiger partial charge in [0.05, 0.1) is 23.9 Å². The molecule has 3 aromatic rings. The summed E-state index contributed by atoms with van der Waals surface area (Å²) in [5.74, 6) is -0.0352. The van der Waals surface area contributed by atoms with E-state index in [0.717, 1.165) is 65.3 Å². The average molecular weight is 411 g/mol. The first kappa shape index (κ1) is 19.7. The predicted octanol–water partition coefficient (Wildman–Crippen LogP) is 4.01. The van der Waals surface area contributed by atoms with Gasteiger partial charge in [0, 0.05) is 46.8 Å². The number of aryl methyl sites for hydroxylation is 2. The summed E-state index contributed by atoms with van der Waals surface area (Å²) in [4.78, 5) is 19.5. The Bertz CT molecular complexity index is 1000. The molecule has 6 nitrogen and oxygen atoms in total. The van der Waals surface area contributed by atoms with Crippen LogP contribution in [0.15, 0.2) is 35.7 Å². The number of carbonyl (C=O) groups excluding carboxylic acids is 1. The Kier molecular flexibility index (Phi) is 5.69. The van der Waals surface area contributed by atoms with Crippen molar-refractivity contribution in [2.24, 2.45) is 0 Å². The van der Waals surface area contributed by atoms with Crippen molar-refractivity contribution in [3.63, 3.8) is 0 Å². The van der Waals surface area contributed by atoms with E-state index in [4.69, 9.17) is 4.74 Å². The standard InChI is InChI=1S/C22H26N4O2S/c1-15-12-20(21-14-29-17(3)23-21)16(2)26(15)13-22(27)24-18-4-6-19(7-5-18)25-8-10-28-11-9-25/h4-7,12,14H,8-11,13H2,1-3H3,(H,24,27). The molecule has 1 aliphatic rings. The van der Waals surface area contributed by atoms with E-state index in [0.29, 0.717) is 0 Å². The van der Waals surface area contributed by atoms with E-state index in [1.807, 2.05) is 37.5 Å². The van der Waals surface area contributed by atoms with Crippen LogP contribution >= 0.6 is 11.3 Å². The summed E-state index contributed by atoms with van der Waals surface area (Å²) in [6.45, 7) is 9.68. The third kappa shape index (κ3) is 4.36. The van der Waals surface area contributed by atoms with Crippen molar-refractivity contribution in [2.45, 2.75) is 27.3 Å². The van der Waals surface area contributed by atoms with Crippen LogP contribution in [-0.2, 0) is 16.1 Å². The van der Waals surface area contributed by atoms with Crippen LogP contribution in [0.25, 0.3) is 11.3 Å². The number of anilines is 2. The summed E-state index contributed by atoms with van der Waals surface area (Å²) in [7, 11) is 0. The van der Waals surface area contributed by atoms with Gasteiger partial charge in [0.25, 0.3) is 0 Å². The molecule has 0 aliphatic carbocycles. The van der Waals surface area contributed by atoms with Gasteiger partial charge in [-0.15, -0.1) is 11.3 Å². The molecule has 3 heterocycles. The van der Waals surface area contributed by atoms with E-state index in [2.05, 4.69) is 38.8 Å². The molecule has 0 spiro atoms. The first-order chi connectivity index (χ1) is 14.0. The number of nitrogens with zero attached hydrogens (tertiary/aromatic N) is 3. The van der Waals surface area contributed by atoms with Crippen LogP contribution in [0.1, 0.15) is 16.4 Å². The smallest absolute Gasteiger partial charge is 0.244 e. The lowest BCUT2D eigenvalue weighted by molar-refractivity contribution is -0.116. The molecule has 0 saturated carbocycles. The van der Waals surface area contributed by atoms with Crippen LogP contribution in [-0.4, -0.2) is 41.8 Å². The molecular weight excluding hydrogens is 384 g/mol. The van der Waals surface area contributed by atoms with E-state index in [1.54, 1.807) is 11.3 Å². The van der Waals surface area contributed by atoms with Crippen LogP contribution in [0, 0.1) is 20.8 Å². The Morgan fingerprint density at radius 3 is 2.55 bits per heavy atom. The summed E-state index contributed by atoms with van der Waals surface area (Å²) in [5, 5.41) is 6.12. The molecule has 1 N–H and O–H groups in total. The minimum atomic E-state index is -0.0352. The van der Waals surface area contributed by atoms with Crippen LogP contribution in [0.2, 0.25) is 0 Å².